The minimum Gasteiger partial charge on any atom is -0.497 e. The van der Waals surface area contributed by atoms with Crippen LogP contribution in [0.1, 0.15) is 48.5 Å². The number of benzene rings is 2. The average Bonchev–Trinajstić information content (AvgIpc) is 2.59. The summed E-state index contributed by atoms with van der Waals surface area (Å²) in [6.45, 7) is 4.17. The van der Waals surface area contributed by atoms with Crippen molar-refractivity contribution in [2.24, 2.45) is 0 Å². The van der Waals surface area contributed by atoms with Crippen molar-refractivity contribution in [2.45, 2.75) is 32.6 Å². The van der Waals surface area contributed by atoms with Crippen LogP contribution in [-0.4, -0.2) is 12.9 Å². The van der Waals surface area contributed by atoms with Crippen LogP contribution in [-0.2, 0) is 0 Å². The van der Waals surface area contributed by atoms with Crippen molar-refractivity contribution < 1.29 is 9.53 Å². The molecule has 0 spiro atoms. The standard InChI is InChI=1S/C21H24O2/c1-16(2)9-10-19(17-11-13-20(23-3)14-12-17)15-21(22)18-7-5-4-6-8-18/h4-9,11-14,19H,10,15H2,1-3H3. The molecule has 0 heterocycles. The quantitative estimate of drug-likeness (QED) is 0.505. The largest absolute Gasteiger partial charge is 0.497 e. The Kier molecular flexibility index (Phi) is 6.16. The lowest BCUT2D eigenvalue weighted by Crippen LogP contribution is -2.07. The molecule has 0 N–H and O–H groups in total. The van der Waals surface area contributed by atoms with Crippen molar-refractivity contribution in [3.05, 3.63) is 77.4 Å². The van der Waals surface area contributed by atoms with E-state index in [0.29, 0.717) is 6.42 Å². The number of rotatable bonds is 7. The average molecular weight is 308 g/mol. The molecule has 0 saturated carbocycles. The molecule has 2 aromatic carbocycles. The summed E-state index contributed by atoms with van der Waals surface area (Å²) in [6, 6.07) is 17.5. The SMILES string of the molecule is COc1ccc(C(CC=C(C)C)CC(=O)c2ccccc2)cc1. The van der Waals surface area contributed by atoms with Gasteiger partial charge in [0.15, 0.2) is 5.78 Å². The molecule has 0 saturated heterocycles. The minimum atomic E-state index is 0.184. The number of carbonyl (C=O) groups excluding carboxylic acids is 1. The topological polar surface area (TPSA) is 26.3 Å². The summed E-state index contributed by atoms with van der Waals surface area (Å²) >= 11 is 0. The number of carbonyl (C=O) groups is 1. The smallest absolute Gasteiger partial charge is 0.163 e. The van der Waals surface area contributed by atoms with E-state index in [0.717, 1.165) is 17.7 Å². The maximum absolute atomic E-state index is 12.6. The van der Waals surface area contributed by atoms with Crippen LogP contribution in [0.5, 0.6) is 5.75 Å². The Morgan fingerprint density at radius 1 is 1.04 bits per heavy atom. The second kappa shape index (κ2) is 8.33. The molecule has 0 aromatic heterocycles. The Hall–Kier alpha value is -2.35. The highest BCUT2D eigenvalue weighted by Crippen LogP contribution is 2.28. The second-order valence-corrected chi connectivity index (χ2v) is 5.98. The molecule has 2 aromatic rings. The number of hydrogen-bond acceptors (Lipinski definition) is 2. The monoisotopic (exact) mass is 308 g/mol. The molecule has 1 atom stereocenters. The third kappa shape index (κ3) is 5.10. The van der Waals surface area contributed by atoms with Gasteiger partial charge in [-0.25, -0.2) is 0 Å². The van der Waals surface area contributed by atoms with E-state index in [1.54, 1.807) is 7.11 Å². The van der Waals surface area contributed by atoms with Gasteiger partial charge in [0.05, 0.1) is 7.11 Å². The van der Waals surface area contributed by atoms with Crippen LogP contribution in [0.15, 0.2) is 66.2 Å². The molecule has 23 heavy (non-hydrogen) atoms. The summed E-state index contributed by atoms with van der Waals surface area (Å²) in [4.78, 5) is 12.6. The number of allylic oxidation sites excluding steroid dienone is 2. The first-order valence-electron chi connectivity index (χ1n) is 7.95. The van der Waals surface area contributed by atoms with Crippen molar-refractivity contribution in [2.75, 3.05) is 7.11 Å². The molecule has 0 aliphatic rings. The van der Waals surface area contributed by atoms with Crippen molar-refractivity contribution in [3.63, 3.8) is 0 Å². The van der Waals surface area contributed by atoms with Gasteiger partial charge in [0.2, 0.25) is 0 Å². The van der Waals surface area contributed by atoms with E-state index in [-0.39, 0.29) is 11.7 Å². The lowest BCUT2D eigenvalue weighted by molar-refractivity contribution is 0.0973. The molecular formula is C21H24O2. The first-order chi connectivity index (χ1) is 11.1. The summed E-state index contributed by atoms with van der Waals surface area (Å²) < 4.78 is 5.22. The highest BCUT2D eigenvalue weighted by molar-refractivity contribution is 5.96. The number of hydrogen-bond donors (Lipinski definition) is 0. The highest BCUT2D eigenvalue weighted by Gasteiger charge is 2.16. The van der Waals surface area contributed by atoms with Crippen LogP contribution in [0.3, 0.4) is 0 Å². The number of ketones is 1. The van der Waals surface area contributed by atoms with E-state index in [1.807, 2.05) is 42.5 Å². The fourth-order valence-corrected chi connectivity index (χ4v) is 2.56. The molecule has 0 bridgehead atoms. The van der Waals surface area contributed by atoms with Crippen LogP contribution in [0, 0.1) is 0 Å². The van der Waals surface area contributed by atoms with Gasteiger partial charge in [0.1, 0.15) is 5.75 Å². The summed E-state index contributed by atoms with van der Waals surface area (Å²) in [5.41, 5.74) is 3.23. The van der Waals surface area contributed by atoms with Gasteiger partial charge < -0.3 is 4.74 Å². The van der Waals surface area contributed by atoms with Gasteiger partial charge in [-0.05, 0) is 43.9 Å². The normalized spacial score (nSPS) is 11.6. The van der Waals surface area contributed by atoms with Gasteiger partial charge in [0.25, 0.3) is 0 Å². The van der Waals surface area contributed by atoms with Crippen molar-refractivity contribution in [3.8, 4) is 5.75 Å². The van der Waals surface area contributed by atoms with Gasteiger partial charge in [-0.2, -0.15) is 0 Å². The zero-order valence-electron chi connectivity index (χ0n) is 14.1. The number of Topliss-reactive ketones (excluding diaryl/α,β-unsaturated/α-hetero) is 1. The first-order valence-corrected chi connectivity index (χ1v) is 7.95. The molecule has 2 heteroatoms. The molecule has 0 fully saturated rings. The van der Waals surface area contributed by atoms with Crippen molar-refractivity contribution >= 4 is 5.78 Å². The predicted molar refractivity (Wildman–Crippen MR) is 95.2 cm³/mol. The lowest BCUT2D eigenvalue weighted by Gasteiger charge is -2.16. The fraction of sp³-hybridized carbons (Fsp3) is 0.286. The van der Waals surface area contributed by atoms with Gasteiger partial charge in [-0.15, -0.1) is 0 Å². The van der Waals surface area contributed by atoms with E-state index < -0.39 is 0 Å². The van der Waals surface area contributed by atoms with E-state index in [2.05, 4.69) is 32.1 Å². The van der Waals surface area contributed by atoms with Crippen LogP contribution in [0.2, 0.25) is 0 Å². The van der Waals surface area contributed by atoms with Gasteiger partial charge in [0, 0.05) is 12.0 Å². The molecule has 1 unspecified atom stereocenters. The maximum Gasteiger partial charge on any atom is 0.163 e. The second-order valence-electron chi connectivity index (χ2n) is 5.98. The van der Waals surface area contributed by atoms with E-state index in [4.69, 9.17) is 4.74 Å². The van der Waals surface area contributed by atoms with Crippen LogP contribution in [0.25, 0.3) is 0 Å². The zero-order valence-corrected chi connectivity index (χ0v) is 14.1. The highest BCUT2D eigenvalue weighted by atomic mass is 16.5. The molecule has 0 radical (unpaired) electrons. The fourth-order valence-electron chi connectivity index (χ4n) is 2.56. The van der Waals surface area contributed by atoms with Crippen LogP contribution < -0.4 is 4.74 Å². The third-order valence-electron chi connectivity index (χ3n) is 3.93. The molecule has 0 aliphatic carbocycles. The Labute approximate surface area is 138 Å². The van der Waals surface area contributed by atoms with Crippen molar-refractivity contribution in [1.29, 1.82) is 0 Å². The van der Waals surface area contributed by atoms with E-state index >= 15 is 0 Å². The van der Waals surface area contributed by atoms with Gasteiger partial charge in [-0.1, -0.05) is 54.1 Å². The summed E-state index contributed by atoms with van der Waals surface area (Å²) in [7, 11) is 1.66. The van der Waals surface area contributed by atoms with Gasteiger partial charge >= 0.3 is 0 Å². The summed E-state index contributed by atoms with van der Waals surface area (Å²) in [5.74, 6) is 1.21. The van der Waals surface area contributed by atoms with E-state index in [1.165, 1.54) is 11.1 Å². The lowest BCUT2D eigenvalue weighted by atomic mass is 9.88. The predicted octanol–water partition coefficient (Wildman–Crippen LogP) is 5.41. The molecule has 0 aliphatic heterocycles. The van der Waals surface area contributed by atoms with Crippen LogP contribution in [0.4, 0.5) is 0 Å². The van der Waals surface area contributed by atoms with Crippen LogP contribution >= 0.6 is 0 Å². The Morgan fingerprint density at radius 3 is 2.26 bits per heavy atom. The Morgan fingerprint density at radius 2 is 1.70 bits per heavy atom. The molecule has 120 valence electrons. The zero-order chi connectivity index (χ0) is 16.7. The summed E-state index contributed by atoms with van der Waals surface area (Å²) in [5, 5.41) is 0. The maximum atomic E-state index is 12.6. The molecular weight excluding hydrogens is 284 g/mol. The first kappa shape index (κ1) is 17.0. The Balaban J connectivity index is 2.19. The number of ether oxygens (including phenoxy) is 1. The molecule has 2 rings (SSSR count). The van der Waals surface area contributed by atoms with Crippen molar-refractivity contribution in [1.82, 2.24) is 0 Å². The van der Waals surface area contributed by atoms with E-state index in [9.17, 15) is 4.79 Å². The number of methoxy groups -OCH3 is 1. The van der Waals surface area contributed by atoms with Gasteiger partial charge in [-0.3, -0.25) is 4.79 Å². The minimum absolute atomic E-state index is 0.184. The molecule has 0 amide bonds. The summed E-state index contributed by atoms with van der Waals surface area (Å²) in [6.07, 6.45) is 3.58. The molecule has 2 nitrogen and oxygen atoms in total. The Bertz CT molecular complexity index is 650. The third-order valence-corrected chi connectivity index (χ3v) is 3.93.